The zero-order valence-electron chi connectivity index (χ0n) is 15.7. The third-order valence-electron chi connectivity index (χ3n) is 5.23. The Morgan fingerprint density at radius 1 is 1.07 bits per heavy atom. The Hall–Kier alpha value is -3.35. The van der Waals surface area contributed by atoms with Gasteiger partial charge in [-0.3, -0.25) is 4.79 Å². The summed E-state index contributed by atoms with van der Waals surface area (Å²) in [4.78, 5) is 38.6. The molecule has 1 aliphatic heterocycles. The fraction of sp³-hybridized carbons (Fsp3) is 0.286. The number of amides is 3. The number of hydrogen-bond donors (Lipinski definition) is 2. The van der Waals surface area contributed by atoms with Crippen LogP contribution in [0.4, 0.5) is 4.79 Å². The van der Waals surface area contributed by atoms with Crippen LogP contribution in [0.3, 0.4) is 0 Å². The lowest BCUT2D eigenvalue weighted by atomic mass is 9.66. The molecule has 0 aromatic heterocycles. The van der Waals surface area contributed by atoms with Crippen molar-refractivity contribution < 1.29 is 24.2 Å². The average molecular weight is 382 g/mol. The molecule has 0 saturated carbocycles. The Labute approximate surface area is 162 Å². The number of carbonyl (C=O) groups is 3. The molecule has 3 amide bonds. The average Bonchev–Trinajstić information content (AvgIpc) is 2.72. The topological polar surface area (TPSA) is 95.9 Å². The van der Waals surface area contributed by atoms with Crippen LogP contribution in [0.15, 0.2) is 60.7 Å². The van der Waals surface area contributed by atoms with E-state index in [1.807, 2.05) is 30.3 Å². The van der Waals surface area contributed by atoms with Crippen molar-refractivity contribution in [3.05, 3.63) is 66.2 Å². The maximum absolute atomic E-state index is 12.8. The highest BCUT2D eigenvalue weighted by atomic mass is 16.6. The molecule has 28 heavy (non-hydrogen) atoms. The molecule has 0 radical (unpaired) electrons. The summed E-state index contributed by atoms with van der Waals surface area (Å²) in [5.74, 6) is -1.72. The van der Waals surface area contributed by atoms with Crippen LogP contribution >= 0.6 is 0 Å². The number of carboxylic acids is 1. The summed E-state index contributed by atoms with van der Waals surface area (Å²) in [7, 11) is 0. The van der Waals surface area contributed by atoms with Gasteiger partial charge in [-0.2, -0.15) is 0 Å². The molecule has 1 heterocycles. The number of carboxylic acid groups (broad SMARTS) is 1. The number of hydrogen-bond acceptors (Lipinski definition) is 4. The van der Waals surface area contributed by atoms with Crippen molar-refractivity contribution in [3.63, 3.8) is 0 Å². The van der Waals surface area contributed by atoms with Crippen molar-refractivity contribution in [3.8, 4) is 5.75 Å². The number of carbonyl (C=O) groups excluding carboxylic acids is 2. The Kier molecular flexibility index (Phi) is 5.09. The van der Waals surface area contributed by atoms with Gasteiger partial charge in [-0.15, -0.1) is 0 Å². The first kappa shape index (κ1) is 19.4. The second kappa shape index (κ2) is 7.34. The van der Waals surface area contributed by atoms with Crippen LogP contribution in [0.5, 0.6) is 5.75 Å². The van der Waals surface area contributed by atoms with Gasteiger partial charge in [-0.1, -0.05) is 55.5 Å². The summed E-state index contributed by atoms with van der Waals surface area (Å²) in [5.41, 5.74) is -2.67. The fourth-order valence-corrected chi connectivity index (χ4v) is 3.40. The molecule has 0 aliphatic carbocycles. The van der Waals surface area contributed by atoms with Gasteiger partial charge in [-0.25, -0.2) is 14.5 Å². The minimum Gasteiger partial charge on any atom is -0.477 e. The van der Waals surface area contributed by atoms with Crippen molar-refractivity contribution in [1.29, 1.82) is 0 Å². The maximum Gasteiger partial charge on any atom is 0.371 e. The molecule has 0 spiro atoms. The molecule has 0 unspecified atom stereocenters. The van der Waals surface area contributed by atoms with E-state index in [1.54, 1.807) is 37.3 Å². The number of imide groups is 1. The van der Waals surface area contributed by atoms with Gasteiger partial charge in [-0.05, 0) is 31.0 Å². The number of nitrogens with zero attached hydrogens (tertiary/aromatic N) is 1. The van der Waals surface area contributed by atoms with E-state index < -0.39 is 29.0 Å². The van der Waals surface area contributed by atoms with Gasteiger partial charge in [0, 0.05) is 6.54 Å². The molecule has 7 nitrogen and oxygen atoms in total. The lowest BCUT2D eigenvalue weighted by Crippen LogP contribution is -2.84. The lowest BCUT2D eigenvalue weighted by Gasteiger charge is -2.57. The number of nitrogens with one attached hydrogen (secondary N) is 1. The van der Waals surface area contributed by atoms with Crippen molar-refractivity contribution in [2.45, 2.75) is 32.5 Å². The van der Waals surface area contributed by atoms with E-state index in [-0.39, 0.29) is 18.7 Å². The zero-order chi connectivity index (χ0) is 20.4. The maximum atomic E-state index is 12.8. The summed E-state index contributed by atoms with van der Waals surface area (Å²) in [6.07, 6.45) is 0.202. The van der Waals surface area contributed by atoms with E-state index in [4.69, 9.17) is 4.74 Å². The first-order valence-electron chi connectivity index (χ1n) is 9.00. The van der Waals surface area contributed by atoms with Gasteiger partial charge in [0.25, 0.3) is 0 Å². The van der Waals surface area contributed by atoms with Gasteiger partial charge in [0.2, 0.25) is 5.91 Å². The van der Waals surface area contributed by atoms with Crippen LogP contribution in [0, 0.1) is 5.41 Å². The van der Waals surface area contributed by atoms with Crippen LogP contribution < -0.4 is 10.1 Å². The number of aliphatic carboxylic acids is 1. The predicted octanol–water partition coefficient (Wildman–Crippen LogP) is 3.01. The van der Waals surface area contributed by atoms with Crippen molar-refractivity contribution in [2.24, 2.45) is 5.41 Å². The Balaban J connectivity index is 1.92. The molecule has 3 rings (SSSR count). The summed E-state index contributed by atoms with van der Waals surface area (Å²) in [5, 5.41) is 12.6. The molecular weight excluding hydrogens is 360 g/mol. The van der Waals surface area contributed by atoms with Gasteiger partial charge in [0.15, 0.2) is 0 Å². The van der Waals surface area contributed by atoms with Crippen LogP contribution in [-0.4, -0.2) is 33.6 Å². The summed E-state index contributed by atoms with van der Waals surface area (Å²) in [6.45, 7) is 3.36. The van der Waals surface area contributed by atoms with E-state index in [0.29, 0.717) is 4.90 Å². The Morgan fingerprint density at radius 2 is 1.64 bits per heavy atom. The number of urea groups is 1. The molecule has 1 saturated heterocycles. The summed E-state index contributed by atoms with van der Waals surface area (Å²) in [6, 6.07) is 16.6. The van der Waals surface area contributed by atoms with Gasteiger partial charge in [0.1, 0.15) is 11.2 Å². The van der Waals surface area contributed by atoms with Gasteiger partial charge in [0.05, 0.1) is 0 Å². The van der Waals surface area contributed by atoms with Crippen molar-refractivity contribution in [2.75, 3.05) is 0 Å². The lowest BCUT2D eigenvalue weighted by molar-refractivity contribution is -0.237. The minimum atomic E-state index is -2.12. The molecule has 0 bridgehead atoms. The number of ether oxygens (including phenoxy) is 1. The molecule has 1 fully saturated rings. The zero-order valence-corrected chi connectivity index (χ0v) is 15.7. The number of benzene rings is 2. The quantitative estimate of drug-likeness (QED) is 0.749. The van der Waals surface area contributed by atoms with Crippen molar-refractivity contribution >= 4 is 17.9 Å². The minimum absolute atomic E-state index is 0.160. The van der Waals surface area contributed by atoms with Gasteiger partial charge < -0.3 is 15.2 Å². The van der Waals surface area contributed by atoms with Crippen LogP contribution in [0.2, 0.25) is 0 Å². The Morgan fingerprint density at radius 3 is 2.18 bits per heavy atom. The van der Waals surface area contributed by atoms with Crippen LogP contribution in [0.25, 0.3) is 0 Å². The molecule has 2 aromatic rings. The highest BCUT2D eigenvalue weighted by molar-refractivity contribution is 6.11. The molecule has 2 N–H and O–H groups in total. The third kappa shape index (κ3) is 2.89. The summed E-state index contributed by atoms with van der Waals surface area (Å²) < 4.78 is 5.81. The van der Waals surface area contributed by atoms with Gasteiger partial charge >= 0.3 is 17.7 Å². The highest BCUT2D eigenvalue weighted by Gasteiger charge is 2.77. The van der Waals surface area contributed by atoms with Crippen LogP contribution in [0.1, 0.15) is 25.8 Å². The molecule has 2 aromatic carbocycles. The largest absolute Gasteiger partial charge is 0.477 e. The fourth-order valence-electron chi connectivity index (χ4n) is 3.40. The molecule has 7 heteroatoms. The molecule has 1 aliphatic rings. The van der Waals surface area contributed by atoms with Crippen molar-refractivity contribution in [1.82, 2.24) is 10.2 Å². The van der Waals surface area contributed by atoms with E-state index in [9.17, 15) is 19.5 Å². The smallest absolute Gasteiger partial charge is 0.371 e. The molecular formula is C21H22N2O5. The normalized spacial score (nSPS) is 23.6. The number of β-lactam (4-membered cyclic amide) rings is 1. The monoisotopic (exact) mass is 382 g/mol. The standard InChI is InChI=1S/C21H22N2O5/c1-3-20(2)17(24)23(19(27)22-14-15-10-6-4-7-11-15)21(20,18(25)26)28-16-12-8-5-9-13-16/h4-13H,3,14H2,1-2H3,(H,22,27)(H,25,26)/t20-,21+/m0/s1. The van der Waals surface area contributed by atoms with Crippen LogP contribution in [-0.2, 0) is 16.1 Å². The van der Waals surface area contributed by atoms with E-state index in [2.05, 4.69) is 5.32 Å². The first-order chi connectivity index (χ1) is 13.4. The number of likely N-dealkylation sites (tertiary alicyclic amines) is 1. The SMILES string of the molecule is CC[C@@]1(C)C(=O)N(C(=O)NCc2ccccc2)[C@@]1(Oc1ccccc1)C(=O)O. The highest BCUT2D eigenvalue weighted by Crippen LogP contribution is 2.51. The molecule has 2 atom stereocenters. The predicted molar refractivity (Wildman–Crippen MR) is 101 cm³/mol. The molecule has 146 valence electrons. The van der Waals surface area contributed by atoms with E-state index in [0.717, 1.165) is 5.56 Å². The van der Waals surface area contributed by atoms with E-state index in [1.165, 1.54) is 6.92 Å². The third-order valence-corrected chi connectivity index (χ3v) is 5.23. The second-order valence-corrected chi connectivity index (χ2v) is 6.83. The van der Waals surface area contributed by atoms with E-state index >= 15 is 0 Å². The second-order valence-electron chi connectivity index (χ2n) is 6.83. The number of para-hydroxylation sites is 1. The first-order valence-corrected chi connectivity index (χ1v) is 9.00. The summed E-state index contributed by atoms with van der Waals surface area (Å²) >= 11 is 0. The number of rotatable bonds is 6. The Bertz CT molecular complexity index is 886.